The maximum absolute atomic E-state index is 12.7. The first-order chi connectivity index (χ1) is 9.33. The Hall–Kier alpha value is -0.870. The standard InChI is InChI=1S/C16H23BrN2O/c1-15(2,18)11-19-14(20)16(9-3-4-10-16)12-5-7-13(17)8-6-12/h5-8H,3-4,9-11,18H2,1-2H3,(H,19,20). The van der Waals surface area contributed by atoms with Crippen LogP contribution in [0.1, 0.15) is 45.1 Å². The Kier molecular flexibility index (Phi) is 4.55. The molecule has 1 aliphatic rings. The van der Waals surface area contributed by atoms with Gasteiger partial charge in [-0.15, -0.1) is 0 Å². The molecule has 0 saturated heterocycles. The maximum Gasteiger partial charge on any atom is 0.230 e. The largest absolute Gasteiger partial charge is 0.354 e. The van der Waals surface area contributed by atoms with Crippen LogP contribution in [0.15, 0.2) is 28.7 Å². The molecule has 1 aromatic carbocycles. The van der Waals surface area contributed by atoms with E-state index in [4.69, 9.17) is 5.73 Å². The van der Waals surface area contributed by atoms with Crippen LogP contribution in [0.25, 0.3) is 0 Å². The lowest BCUT2D eigenvalue weighted by Gasteiger charge is -2.30. The van der Waals surface area contributed by atoms with Crippen LogP contribution in [-0.4, -0.2) is 18.0 Å². The normalized spacial score (nSPS) is 18.0. The van der Waals surface area contributed by atoms with Crippen molar-refractivity contribution in [2.45, 2.75) is 50.5 Å². The summed E-state index contributed by atoms with van der Waals surface area (Å²) in [5, 5.41) is 3.04. The van der Waals surface area contributed by atoms with E-state index in [2.05, 4.69) is 33.4 Å². The van der Waals surface area contributed by atoms with Crippen LogP contribution < -0.4 is 11.1 Å². The molecule has 0 spiro atoms. The van der Waals surface area contributed by atoms with Gasteiger partial charge in [0.25, 0.3) is 0 Å². The molecule has 110 valence electrons. The molecule has 3 N–H and O–H groups in total. The van der Waals surface area contributed by atoms with E-state index < -0.39 is 0 Å². The van der Waals surface area contributed by atoms with Crippen molar-refractivity contribution in [3.63, 3.8) is 0 Å². The molecule has 1 amide bonds. The molecule has 1 aliphatic carbocycles. The van der Waals surface area contributed by atoms with Crippen LogP contribution in [0.3, 0.4) is 0 Å². The average molecular weight is 339 g/mol. The molecule has 20 heavy (non-hydrogen) atoms. The van der Waals surface area contributed by atoms with E-state index in [1.165, 1.54) is 0 Å². The molecule has 0 aromatic heterocycles. The summed E-state index contributed by atoms with van der Waals surface area (Å²) in [7, 11) is 0. The summed E-state index contributed by atoms with van der Waals surface area (Å²) in [5.74, 6) is 0.121. The molecule has 0 unspecified atom stereocenters. The Morgan fingerprint density at radius 2 is 1.85 bits per heavy atom. The van der Waals surface area contributed by atoms with Gasteiger partial charge in [-0.1, -0.05) is 40.9 Å². The third-order valence-electron chi connectivity index (χ3n) is 3.99. The van der Waals surface area contributed by atoms with Gasteiger partial charge in [0.05, 0.1) is 5.41 Å². The van der Waals surface area contributed by atoms with Crippen LogP contribution in [0.5, 0.6) is 0 Å². The second-order valence-corrected chi connectivity index (χ2v) is 7.38. The zero-order valence-electron chi connectivity index (χ0n) is 12.2. The Bertz CT molecular complexity index is 470. The van der Waals surface area contributed by atoms with Crippen molar-refractivity contribution >= 4 is 21.8 Å². The van der Waals surface area contributed by atoms with Crippen LogP contribution in [-0.2, 0) is 10.2 Å². The Morgan fingerprint density at radius 3 is 2.35 bits per heavy atom. The third kappa shape index (κ3) is 3.41. The van der Waals surface area contributed by atoms with E-state index in [0.717, 1.165) is 35.7 Å². The summed E-state index contributed by atoms with van der Waals surface area (Å²) in [6, 6.07) is 8.14. The van der Waals surface area contributed by atoms with Crippen molar-refractivity contribution < 1.29 is 4.79 Å². The number of benzene rings is 1. The highest BCUT2D eigenvalue weighted by Crippen LogP contribution is 2.41. The fraction of sp³-hybridized carbons (Fsp3) is 0.562. The summed E-state index contributed by atoms with van der Waals surface area (Å²) in [4.78, 5) is 12.7. The summed E-state index contributed by atoms with van der Waals surface area (Å²) >= 11 is 3.45. The second kappa shape index (κ2) is 5.86. The first kappa shape index (κ1) is 15.5. The first-order valence-corrected chi connectivity index (χ1v) is 7.96. The predicted octanol–water partition coefficient (Wildman–Crippen LogP) is 3.11. The minimum Gasteiger partial charge on any atom is -0.354 e. The summed E-state index contributed by atoms with van der Waals surface area (Å²) in [6.45, 7) is 4.35. The van der Waals surface area contributed by atoms with E-state index in [1.807, 2.05) is 26.0 Å². The molecule has 1 saturated carbocycles. The number of halogens is 1. The Balaban J connectivity index is 2.21. The summed E-state index contributed by atoms with van der Waals surface area (Å²) < 4.78 is 1.04. The molecular formula is C16H23BrN2O. The topological polar surface area (TPSA) is 55.1 Å². The zero-order chi connectivity index (χ0) is 14.8. The van der Waals surface area contributed by atoms with Crippen molar-refractivity contribution in [2.24, 2.45) is 5.73 Å². The third-order valence-corrected chi connectivity index (χ3v) is 4.52. The van der Waals surface area contributed by atoms with Crippen molar-refractivity contribution in [1.29, 1.82) is 0 Å². The van der Waals surface area contributed by atoms with Gasteiger partial charge in [0.2, 0.25) is 5.91 Å². The number of carbonyl (C=O) groups excluding carboxylic acids is 1. The van der Waals surface area contributed by atoms with Crippen LogP contribution in [0.2, 0.25) is 0 Å². The molecule has 1 fully saturated rings. The lowest BCUT2D eigenvalue weighted by molar-refractivity contribution is -0.126. The minimum absolute atomic E-state index is 0.121. The highest BCUT2D eigenvalue weighted by molar-refractivity contribution is 9.10. The Morgan fingerprint density at radius 1 is 1.30 bits per heavy atom. The van der Waals surface area contributed by atoms with Crippen molar-refractivity contribution in [1.82, 2.24) is 5.32 Å². The van der Waals surface area contributed by atoms with Gasteiger partial charge in [0, 0.05) is 16.6 Å². The molecule has 2 rings (SSSR count). The lowest BCUT2D eigenvalue weighted by Crippen LogP contribution is -2.50. The van der Waals surface area contributed by atoms with Gasteiger partial charge in [-0.2, -0.15) is 0 Å². The van der Waals surface area contributed by atoms with E-state index in [-0.39, 0.29) is 16.9 Å². The van der Waals surface area contributed by atoms with Gasteiger partial charge in [-0.3, -0.25) is 4.79 Å². The molecule has 0 heterocycles. The number of hydrogen-bond acceptors (Lipinski definition) is 2. The summed E-state index contributed by atoms with van der Waals surface area (Å²) in [6.07, 6.45) is 4.06. The highest BCUT2D eigenvalue weighted by atomic mass is 79.9. The fourth-order valence-electron chi connectivity index (χ4n) is 2.87. The quantitative estimate of drug-likeness (QED) is 0.886. The molecule has 0 bridgehead atoms. The van der Waals surface area contributed by atoms with Gasteiger partial charge in [0.1, 0.15) is 0 Å². The van der Waals surface area contributed by atoms with Gasteiger partial charge >= 0.3 is 0 Å². The first-order valence-electron chi connectivity index (χ1n) is 7.17. The molecule has 0 atom stereocenters. The smallest absolute Gasteiger partial charge is 0.230 e. The lowest BCUT2D eigenvalue weighted by atomic mass is 9.78. The maximum atomic E-state index is 12.7. The monoisotopic (exact) mass is 338 g/mol. The molecule has 4 heteroatoms. The molecular weight excluding hydrogens is 316 g/mol. The molecule has 0 aliphatic heterocycles. The number of hydrogen-bond donors (Lipinski definition) is 2. The second-order valence-electron chi connectivity index (χ2n) is 6.47. The highest BCUT2D eigenvalue weighted by Gasteiger charge is 2.42. The van der Waals surface area contributed by atoms with Gasteiger partial charge < -0.3 is 11.1 Å². The van der Waals surface area contributed by atoms with Crippen molar-refractivity contribution in [3.05, 3.63) is 34.3 Å². The van der Waals surface area contributed by atoms with Crippen LogP contribution in [0, 0.1) is 0 Å². The summed E-state index contributed by atoms with van der Waals surface area (Å²) in [5.41, 5.74) is 6.33. The van der Waals surface area contributed by atoms with Crippen molar-refractivity contribution in [3.8, 4) is 0 Å². The fourth-order valence-corrected chi connectivity index (χ4v) is 3.14. The van der Waals surface area contributed by atoms with Gasteiger partial charge in [0.15, 0.2) is 0 Å². The van der Waals surface area contributed by atoms with Gasteiger partial charge in [-0.25, -0.2) is 0 Å². The number of carbonyl (C=O) groups is 1. The van der Waals surface area contributed by atoms with E-state index in [1.54, 1.807) is 0 Å². The van der Waals surface area contributed by atoms with E-state index in [0.29, 0.717) is 6.54 Å². The van der Waals surface area contributed by atoms with E-state index >= 15 is 0 Å². The van der Waals surface area contributed by atoms with Crippen LogP contribution >= 0.6 is 15.9 Å². The SMILES string of the molecule is CC(C)(N)CNC(=O)C1(c2ccc(Br)cc2)CCCC1. The Labute approximate surface area is 129 Å². The predicted molar refractivity (Wildman–Crippen MR) is 85.6 cm³/mol. The number of amides is 1. The van der Waals surface area contributed by atoms with Crippen LogP contribution in [0.4, 0.5) is 0 Å². The van der Waals surface area contributed by atoms with Crippen molar-refractivity contribution in [2.75, 3.05) is 6.54 Å². The number of nitrogens with one attached hydrogen (secondary N) is 1. The molecule has 1 aromatic rings. The molecule has 0 radical (unpaired) electrons. The number of rotatable bonds is 4. The average Bonchev–Trinajstić information content (AvgIpc) is 2.86. The molecule has 3 nitrogen and oxygen atoms in total. The minimum atomic E-state index is -0.380. The number of nitrogens with two attached hydrogens (primary N) is 1. The van der Waals surface area contributed by atoms with Gasteiger partial charge in [-0.05, 0) is 44.4 Å². The van der Waals surface area contributed by atoms with E-state index in [9.17, 15) is 4.79 Å². The zero-order valence-corrected chi connectivity index (χ0v) is 13.8.